The molecule has 18 heavy (non-hydrogen) atoms. The normalized spacial score (nSPS) is 11.2. The van der Waals surface area contributed by atoms with Crippen molar-refractivity contribution in [3.05, 3.63) is 32.7 Å². The van der Waals surface area contributed by atoms with E-state index in [1.807, 2.05) is 6.07 Å². The molecule has 0 saturated heterocycles. The van der Waals surface area contributed by atoms with Gasteiger partial charge in [-0.2, -0.15) is 0 Å². The number of hydrogen-bond acceptors (Lipinski definition) is 3. The zero-order valence-corrected chi connectivity index (χ0v) is 12.7. The van der Waals surface area contributed by atoms with Gasteiger partial charge in [-0.1, -0.05) is 25.4 Å². The van der Waals surface area contributed by atoms with E-state index >= 15 is 0 Å². The molecule has 0 N–H and O–H groups in total. The van der Waals surface area contributed by atoms with E-state index in [-0.39, 0.29) is 0 Å². The van der Waals surface area contributed by atoms with E-state index in [1.54, 1.807) is 11.3 Å². The van der Waals surface area contributed by atoms with Crippen LogP contribution in [0.1, 0.15) is 29.3 Å². The van der Waals surface area contributed by atoms with Gasteiger partial charge in [0, 0.05) is 21.0 Å². The van der Waals surface area contributed by atoms with Crippen LogP contribution in [0.5, 0.6) is 0 Å². The van der Waals surface area contributed by atoms with Crippen LogP contribution in [0, 0.1) is 19.8 Å². The number of hydrogen-bond donors (Lipinski definition) is 0. The van der Waals surface area contributed by atoms with Gasteiger partial charge >= 0.3 is 0 Å². The predicted molar refractivity (Wildman–Crippen MR) is 78.4 cm³/mol. The Morgan fingerprint density at radius 3 is 2.50 bits per heavy atom. The molecule has 0 atom stereocenters. The monoisotopic (exact) mass is 280 g/mol. The molecule has 2 nitrogen and oxygen atoms in total. The van der Waals surface area contributed by atoms with Crippen LogP contribution in [0.15, 0.2) is 12.1 Å². The van der Waals surface area contributed by atoms with E-state index in [0.29, 0.717) is 11.1 Å². The predicted octanol–water partition coefficient (Wildman–Crippen LogP) is 4.67. The van der Waals surface area contributed by atoms with Gasteiger partial charge in [-0.3, -0.25) is 0 Å². The molecule has 0 fully saturated rings. The van der Waals surface area contributed by atoms with Gasteiger partial charge in [0.2, 0.25) is 0 Å². The molecule has 0 aliphatic carbocycles. The third-order valence-electron chi connectivity index (χ3n) is 2.65. The van der Waals surface area contributed by atoms with Crippen LogP contribution in [0.3, 0.4) is 0 Å². The minimum Gasteiger partial charge on any atom is -0.233 e. The Hall–Kier alpha value is -0.930. The van der Waals surface area contributed by atoms with Crippen LogP contribution in [0.2, 0.25) is 5.15 Å². The number of aryl methyl sites for hydroxylation is 2. The van der Waals surface area contributed by atoms with Gasteiger partial charge < -0.3 is 0 Å². The third-order valence-corrected chi connectivity index (χ3v) is 3.81. The van der Waals surface area contributed by atoms with Crippen molar-refractivity contribution in [1.82, 2.24) is 9.97 Å². The first-order valence-corrected chi connectivity index (χ1v) is 7.26. The maximum atomic E-state index is 6.09. The second-order valence-corrected chi connectivity index (χ2v) is 6.78. The topological polar surface area (TPSA) is 25.8 Å². The van der Waals surface area contributed by atoms with Crippen LogP contribution in [-0.4, -0.2) is 9.97 Å². The van der Waals surface area contributed by atoms with Crippen molar-refractivity contribution in [3.63, 3.8) is 0 Å². The van der Waals surface area contributed by atoms with Crippen molar-refractivity contribution >= 4 is 22.9 Å². The molecule has 0 bridgehead atoms. The number of halogens is 1. The molecule has 4 heteroatoms. The fourth-order valence-corrected chi connectivity index (χ4v) is 3.09. The fourth-order valence-electron chi connectivity index (χ4n) is 1.96. The van der Waals surface area contributed by atoms with Crippen molar-refractivity contribution in [2.24, 2.45) is 5.92 Å². The van der Waals surface area contributed by atoms with E-state index in [1.165, 1.54) is 9.75 Å². The summed E-state index contributed by atoms with van der Waals surface area (Å²) in [6.07, 6.45) is 0.928. The summed E-state index contributed by atoms with van der Waals surface area (Å²) in [7, 11) is 0. The molecule has 0 aliphatic heterocycles. The van der Waals surface area contributed by atoms with Crippen LogP contribution >= 0.6 is 22.9 Å². The maximum absolute atomic E-state index is 6.09. The lowest BCUT2D eigenvalue weighted by molar-refractivity contribution is 0.634. The molecule has 2 aromatic heterocycles. The molecule has 2 heterocycles. The Morgan fingerprint density at radius 1 is 1.22 bits per heavy atom. The summed E-state index contributed by atoms with van der Waals surface area (Å²) >= 11 is 7.86. The van der Waals surface area contributed by atoms with Gasteiger partial charge in [0.15, 0.2) is 5.82 Å². The number of rotatable bonds is 3. The lowest BCUT2D eigenvalue weighted by Gasteiger charge is -2.07. The minimum atomic E-state index is 0.527. The Kier molecular flexibility index (Phi) is 4.03. The summed E-state index contributed by atoms with van der Waals surface area (Å²) in [4.78, 5) is 11.5. The Bertz CT molecular complexity index is 561. The summed E-state index contributed by atoms with van der Waals surface area (Å²) in [5.74, 6) is 1.31. The molecule has 2 rings (SSSR count). The van der Waals surface area contributed by atoms with Crippen molar-refractivity contribution < 1.29 is 0 Å². The average molecular weight is 281 g/mol. The van der Waals surface area contributed by atoms with E-state index in [9.17, 15) is 0 Å². The summed E-state index contributed by atoms with van der Waals surface area (Å²) in [5.41, 5.74) is 2.12. The SMILES string of the molecule is Cc1cc(-c2nc(Cl)cc(CC(C)C)n2)c(C)s1. The van der Waals surface area contributed by atoms with E-state index < -0.39 is 0 Å². The first kappa shape index (κ1) is 13.5. The van der Waals surface area contributed by atoms with Gasteiger partial charge in [0.05, 0.1) is 0 Å². The highest BCUT2D eigenvalue weighted by Crippen LogP contribution is 2.29. The van der Waals surface area contributed by atoms with Crippen LogP contribution in [0.25, 0.3) is 11.4 Å². The summed E-state index contributed by atoms with van der Waals surface area (Å²) in [6, 6.07) is 3.99. The maximum Gasteiger partial charge on any atom is 0.162 e. The number of thiophene rings is 1. The van der Waals surface area contributed by atoms with Crippen molar-refractivity contribution in [1.29, 1.82) is 0 Å². The molecule has 0 radical (unpaired) electrons. The molecule has 96 valence electrons. The highest BCUT2D eigenvalue weighted by molar-refractivity contribution is 7.12. The summed E-state index contributed by atoms with van der Waals surface area (Å²) in [5, 5.41) is 0.527. The second-order valence-electron chi connectivity index (χ2n) is 4.93. The van der Waals surface area contributed by atoms with Crippen LogP contribution < -0.4 is 0 Å². The largest absolute Gasteiger partial charge is 0.233 e. The zero-order valence-electron chi connectivity index (χ0n) is 11.1. The van der Waals surface area contributed by atoms with Gasteiger partial charge in [-0.15, -0.1) is 11.3 Å². The highest BCUT2D eigenvalue weighted by Gasteiger charge is 2.11. The highest BCUT2D eigenvalue weighted by atomic mass is 35.5. The molecule has 0 aliphatic rings. The second kappa shape index (κ2) is 5.37. The lowest BCUT2D eigenvalue weighted by atomic mass is 10.1. The standard InChI is InChI=1S/C14H17ClN2S/c1-8(2)5-11-7-13(15)17-14(16-11)12-6-9(3)18-10(12)4/h6-8H,5H2,1-4H3. The van der Waals surface area contributed by atoms with Gasteiger partial charge in [-0.25, -0.2) is 9.97 Å². The minimum absolute atomic E-state index is 0.527. The van der Waals surface area contributed by atoms with Crippen LogP contribution in [-0.2, 0) is 6.42 Å². The number of aromatic nitrogens is 2. The van der Waals surface area contributed by atoms with Gasteiger partial charge in [-0.05, 0) is 38.3 Å². The van der Waals surface area contributed by atoms with Crippen LogP contribution in [0.4, 0.5) is 0 Å². The average Bonchev–Trinajstić information content (AvgIpc) is 2.55. The molecule has 0 saturated carbocycles. The van der Waals surface area contributed by atoms with Gasteiger partial charge in [0.25, 0.3) is 0 Å². The Morgan fingerprint density at radius 2 is 1.94 bits per heavy atom. The fraction of sp³-hybridized carbons (Fsp3) is 0.429. The van der Waals surface area contributed by atoms with Crippen molar-refractivity contribution in [3.8, 4) is 11.4 Å². The van der Waals surface area contributed by atoms with E-state index in [0.717, 1.165) is 23.5 Å². The lowest BCUT2D eigenvalue weighted by Crippen LogP contribution is -2.00. The van der Waals surface area contributed by atoms with Crippen molar-refractivity contribution in [2.75, 3.05) is 0 Å². The first-order valence-electron chi connectivity index (χ1n) is 6.06. The Balaban J connectivity index is 2.44. The van der Waals surface area contributed by atoms with Gasteiger partial charge in [0.1, 0.15) is 5.15 Å². The number of nitrogens with zero attached hydrogens (tertiary/aromatic N) is 2. The molecule has 0 aromatic carbocycles. The zero-order chi connectivity index (χ0) is 13.3. The van der Waals surface area contributed by atoms with Crippen molar-refractivity contribution in [2.45, 2.75) is 34.1 Å². The third kappa shape index (κ3) is 3.09. The molecule has 0 spiro atoms. The summed E-state index contributed by atoms with van der Waals surface area (Å²) in [6.45, 7) is 8.55. The molecule has 0 amide bonds. The Labute approximate surface area is 117 Å². The molecule has 0 unspecified atom stereocenters. The first-order chi connectivity index (χ1) is 8.45. The summed E-state index contributed by atoms with van der Waals surface area (Å²) < 4.78 is 0. The molecular formula is C14H17ClN2S. The van der Waals surface area contributed by atoms with E-state index in [2.05, 4.69) is 43.7 Å². The molecule has 2 aromatic rings. The van der Waals surface area contributed by atoms with E-state index in [4.69, 9.17) is 11.6 Å². The molecular weight excluding hydrogens is 264 g/mol. The smallest absolute Gasteiger partial charge is 0.162 e. The quantitative estimate of drug-likeness (QED) is 0.763.